The van der Waals surface area contributed by atoms with E-state index >= 15 is 0 Å². The molecule has 5 nitrogen and oxygen atoms in total. The summed E-state index contributed by atoms with van der Waals surface area (Å²) in [6.45, 7) is 5.49. The zero-order chi connectivity index (χ0) is 17.6. The molecule has 1 amide bonds. The van der Waals surface area contributed by atoms with Crippen LogP contribution in [0.4, 0.5) is 5.69 Å². The zero-order valence-electron chi connectivity index (χ0n) is 14.0. The fourth-order valence-corrected chi connectivity index (χ4v) is 2.98. The maximum atomic E-state index is 12.7. The first kappa shape index (κ1) is 19.4. The number of hydrogen-bond acceptors (Lipinski definition) is 5. The number of thiocarbonyl (C=S) groups is 1. The van der Waals surface area contributed by atoms with Gasteiger partial charge in [0.25, 0.3) is 0 Å². The summed E-state index contributed by atoms with van der Waals surface area (Å²) >= 11 is 6.29. The van der Waals surface area contributed by atoms with Crippen LogP contribution >= 0.6 is 24.0 Å². The van der Waals surface area contributed by atoms with Gasteiger partial charge in [-0.05, 0) is 31.9 Å². The van der Waals surface area contributed by atoms with Crippen LogP contribution in [-0.4, -0.2) is 42.1 Å². The maximum absolute atomic E-state index is 12.7. The number of benzene rings is 1. The monoisotopic (exact) mass is 354 g/mol. The number of carbonyl (C=O) groups excluding carboxylic acids is 2. The molecule has 1 N–H and O–H groups in total. The Balaban J connectivity index is 3.19. The number of amides is 1. The second-order valence-electron chi connectivity index (χ2n) is 5.03. The van der Waals surface area contributed by atoms with Crippen LogP contribution in [0.25, 0.3) is 0 Å². The standard InChI is InChI=1S/C16H22N2O3S2/c1-10-7-6-8-11(2)14(10)18(12(3)15(20)21-5)13(19)9-23-16(22)17-4/h6-8,12H,9H2,1-5H3,(H,17,22). The average molecular weight is 354 g/mol. The van der Waals surface area contributed by atoms with E-state index in [2.05, 4.69) is 5.32 Å². The van der Waals surface area contributed by atoms with Crippen molar-refractivity contribution in [3.8, 4) is 0 Å². The number of esters is 1. The fraction of sp³-hybridized carbons (Fsp3) is 0.438. The van der Waals surface area contributed by atoms with E-state index in [1.54, 1.807) is 14.0 Å². The predicted molar refractivity (Wildman–Crippen MR) is 99.0 cm³/mol. The minimum Gasteiger partial charge on any atom is -0.467 e. The van der Waals surface area contributed by atoms with Crippen LogP contribution in [-0.2, 0) is 14.3 Å². The van der Waals surface area contributed by atoms with Gasteiger partial charge in [0, 0.05) is 7.05 Å². The Kier molecular flexibility index (Phi) is 7.51. The third kappa shape index (κ3) is 4.94. The maximum Gasteiger partial charge on any atom is 0.328 e. The van der Waals surface area contributed by atoms with Crippen molar-refractivity contribution in [3.05, 3.63) is 29.3 Å². The molecule has 1 unspecified atom stereocenters. The fourth-order valence-electron chi connectivity index (χ4n) is 2.26. The van der Waals surface area contributed by atoms with Crippen molar-refractivity contribution in [3.63, 3.8) is 0 Å². The van der Waals surface area contributed by atoms with Crippen molar-refractivity contribution in [2.75, 3.05) is 24.8 Å². The molecule has 7 heteroatoms. The number of nitrogens with one attached hydrogen (secondary N) is 1. The summed E-state index contributed by atoms with van der Waals surface area (Å²) in [5, 5.41) is 2.82. The van der Waals surface area contributed by atoms with Crippen molar-refractivity contribution < 1.29 is 14.3 Å². The highest BCUT2D eigenvalue weighted by atomic mass is 32.2. The van der Waals surface area contributed by atoms with E-state index in [-0.39, 0.29) is 11.7 Å². The number of thioether (sulfide) groups is 1. The van der Waals surface area contributed by atoms with E-state index in [9.17, 15) is 9.59 Å². The van der Waals surface area contributed by atoms with Gasteiger partial charge in [0.15, 0.2) is 0 Å². The van der Waals surface area contributed by atoms with Crippen LogP contribution in [0.15, 0.2) is 18.2 Å². The third-order valence-electron chi connectivity index (χ3n) is 3.41. The number of carbonyl (C=O) groups is 2. The molecule has 0 heterocycles. The Hall–Kier alpha value is -1.60. The number of methoxy groups -OCH3 is 1. The van der Waals surface area contributed by atoms with Gasteiger partial charge in [-0.3, -0.25) is 9.69 Å². The van der Waals surface area contributed by atoms with E-state index in [4.69, 9.17) is 17.0 Å². The number of anilines is 1. The van der Waals surface area contributed by atoms with Gasteiger partial charge in [-0.2, -0.15) is 0 Å². The molecular weight excluding hydrogens is 332 g/mol. The Morgan fingerprint density at radius 3 is 2.39 bits per heavy atom. The van der Waals surface area contributed by atoms with Crippen LogP contribution < -0.4 is 10.2 Å². The highest BCUT2D eigenvalue weighted by Gasteiger charge is 2.30. The quantitative estimate of drug-likeness (QED) is 0.647. The Bertz CT molecular complexity index is 585. The lowest BCUT2D eigenvalue weighted by Gasteiger charge is -2.30. The number of ether oxygens (including phenoxy) is 1. The molecular formula is C16H22N2O3S2. The predicted octanol–water partition coefficient (Wildman–Crippen LogP) is 2.44. The van der Waals surface area contributed by atoms with E-state index < -0.39 is 12.0 Å². The van der Waals surface area contributed by atoms with Crippen molar-refractivity contribution >= 4 is 45.9 Å². The van der Waals surface area contributed by atoms with E-state index in [1.165, 1.54) is 23.8 Å². The SMILES string of the molecule is CNC(=S)SCC(=O)N(c1c(C)cccc1C)C(C)C(=O)OC. The average Bonchev–Trinajstić information content (AvgIpc) is 2.54. The van der Waals surface area contributed by atoms with Crippen LogP contribution in [0.1, 0.15) is 18.1 Å². The topological polar surface area (TPSA) is 58.6 Å². The van der Waals surface area contributed by atoms with Gasteiger partial charge >= 0.3 is 5.97 Å². The first-order valence-electron chi connectivity index (χ1n) is 7.14. The first-order valence-corrected chi connectivity index (χ1v) is 8.53. The largest absolute Gasteiger partial charge is 0.467 e. The normalized spacial score (nSPS) is 11.5. The van der Waals surface area contributed by atoms with Gasteiger partial charge in [0.05, 0.1) is 18.6 Å². The van der Waals surface area contributed by atoms with Crippen molar-refractivity contribution in [2.24, 2.45) is 0 Å². The molecule has 0 aliphatic heterocycles. The van der Waals surface area contributed by atoms with Gasteiger partial charge in [-0.1, -0.05) is 42.2 Å². The zero-order valence-corrected chi connectivity index (χ0v) is 15.6. The lowest BCUT2D eigenvalue weighted by Crippen LogP contribution is -2.46. The Morgan fingerprint density at radius 2 is 1.91 bits per heavy atom. The minimum absolute atomic E-state index is 0.148. The van der Waals surface area contributed by atoms with Crippen LogP contribution in [0.2, 0.25) is 0 Å². The van der Waals surface area contributed by atoms with E-state index in [0.717, 1.165) is 16.8 Å². The molecule has 1 rings (SSSR count). The summed E-state index contributed by atoms with van der Waals surface area (Å²) in [5.74, 6) is -0.500. The molecule has 126 valence electrons. The summed E-state index contributed by atoms with van der Waals surface area (Å²) in [6.07, 6.45) is 0. The van der Waals surface area contributed by atoms with Gasteiger partial charge in [-0.25, -0.2) is 4.79 Å². The minimum atomic E-state index is -0.712. The smallest absolute Gasteiger partial charge is 0.328 e. The summed E-state index contributed by atoms with van der Waals surface area (Å²) in [5.41, 5.74) is 2.59. The molecule has 1 aromatic rings. The molecule has 23 heavy (non-hydrogen) atoms. The van der Waals surface area contributed by atoms with Crippen molar-refractivity contribution in [1.82, 2.24) is 5.32 Å². The van der Waals surface area contributed by atoms with Gasteiger partial charge in [0.2, 0.25) is 5.91 Å². The molecule has 0 aliphatic rings. The highest BCUT2D eigenvalue weighted by Crippen LogP contribution is 2.27. The highest BCUT2D eigenvalue weighted by molar-refractivity contribution is 8.23. The van der Waals surface area contributed by atoms with Crippen LogP contribution in [0.5, 0.6) is 0 Å². The number of hydrogen-bond donors (Lipinski definition) is 1. The number of rotatable bonds is 5. The Morgan fingerprint density at radius 1 is 1.35 bits per heavy atom. The summed E-state index contributed by atoms with van der Waals surface area (Å²) in [7, 11) is 3.03. The molecule has 0 saturated carbocycles. The molecule has 0 fully saturated rings. The summed E-state index contributed by atoms with van der Waals surface area (Å²) in [4.78, 5) is 26.2. The summed E-state index contributed by atoms with van der Waals surface area (Å²) in [6, 6.07) is 5.04. The molecule has 0 aromatic heterocycles. The van der Waals surface area contributed by atoms with E-state index in [1.807, 2.05) is 32.0 Å². The first-order chi connectivity index (χ1) is 10.8. The molecule has 0 aliphatic carbocycles. The van der Waals surface area contributed by atoms with Gasteiger partial charge in [0.1, 0.15) is 10.4 Å². The molecule has 1 atom stereocenters. The van der Waals surface area contributed by atoms with Crippen LogP contribution in [0.3, 0.4) is 0 Å². The molecule has 0 saturated heterocycles. The third-order valence-corrected chi connectivity index (χ3v) is 4.82. The molecule has 0 spiro atoms. The number of nitrogens with zero attached hydrogens (tertiary/aromatic N) is 1. The van der Waals surface area contributed by atoms with Crippen molar-refractivity contribution in [1.29, 1.82) is 0 Å². The second kappa shape index (κ2) is 8.88. The van der Waals surface area contributed by atoms with Gasteiger partial charge < -0.3 is 10.1 Å². The van der Waals surface area contributed by atoms with E-state index in [0.29, 0.717) is 4.32 Å². The number of para-hydroxylation sites is 1. The molecule has 0 radical (unpaired) electrons. The van der Waals surface area contributed by atoms with Gasteiger partial charge in [-0.15, -0.1) is 0 Å². The lowest BCUT2D eigenvalue weighted by molar-refractivity contribution is -0.142. The number of aryl methyl sites for hydroxylation is 2. The molecule has 0 bridgehead atoms. The van der Waals surface area contributed by atoms with Crippen molar-refractivity contribution in [2.45, 2.75) is 26.8 Å². The second-order valence-corrected chi connectivity index (χ2v) is 6.68. The van der Waals surface area contributed by atoms with Crippen LogP contribution in [0, 0.1) is 13.8 Å². The lowest BCUT2D eigenvalue weighted by atomic mass is 10.1. The summed E-state index contributed by atoms with van der Waals surface area (Å²) < 4.78 is 5.35. The molecule has 1 aromatic carbocycles. The Labute approximate surface area is 146 Å².